The molecule has 0 saturated heterocycles. The van der Waals surface area contributed by atoms with Crippen molar-refractivity contribution in [2.45, 2.75) is 44.6 Å². The fraction of sp³-hybridized carbons (Fsp3) is 0.562. The maximum Gasteiger partial charge on any atom is 0.221 e. The number of anilines is 1. The second kappa shape index (κ2) is 7.89. The molecule has 1 saturated carbocycles. The number of hydrogen-bond donors (Lipinski definition) is 3. The fourth-order valence-electron chi connectivity index (χ4n) is 2.89. The number of aromatic nitrogens is 1. The third-order valence-electron chi connectivity index (χ3n) is 4.17. The summed E-state index contributed by atoms with van der Waals surface area (Å²) in [5.41, 5.74) is 11.5. The van der Waals surface area contributed by atoms with E-state index in [9.17, 15) is 9.59 Å². The average molecular weight is 304 g/mol. The number of ketones is 1. The van der Waals surface area contributed by atoms with E-state index in [0.717, 1.165) is 25.7 Å². The highest BCUT2D eigenvalue weighted by Gasteiger charge is 2.24. The standard InChI is InChI=1S/C16H24N4O2/c17-8-7-16(22)20-13-4-1-11(2-5-13)9-14(21)12-3-6-15(18)19-10-12/h3,6,10-11,13H,1-2,4-5,7-9,17H2,(H2,18,19)(H,20,22). The zero-order valence-corrected chi connectivity index (χ0v) is 12.8. The van der Waals surface area contributed by atoms with Crippen LogP contribution in [0.4, 0.5) is 5.82 Å². The van der Waals surface area contributed by atoms with Gasteiger partial charge in [0.25, 0.3) is 0 Å². The van der Waals surface area contributed by atoms with Crippen molar-refractivity contribution in [3.63, 3.8) is 0 Å². The van der Waals surface area contributed by atoms with Crippen molar-refractivity contribution in [1.82, 2.24) is 10.3 Å². The van der Waals surface area contributed by atoms with Gasteiger partial charge in [-0.25, -0.2) is 4.98 Å². The van der Waals surface area contributed by atoms with Crippen LogP contribution in [0.2, 0.25) is 0 Å². The Kier molecular flexibility index (Phi) is 5.89. The van der Waals surface area contributed by atoms with Gasteiger partial charge in [0, 0.05) is 37.2 Å². The molecule has 0 radical (unpaired) electrons. The summed E-state index contributed by atoms with van der Waals surface area (Å²) in [7, 11) is 0. The lowest BCUT2D eigenvalue weighted by Crippen LogP contribution is -2.38. The maximum atomic E-state index is 12.2. The molecule has 0 atom stereocenters. The van der Waals surface area contributed by atoms with E-state index in [-0.39, 0.29) is 17.7 Å². The van der Waals surface area contributed by atoms with Crippen molar-refractivity contribution in [1.29, 1.82) is 0 Å². The number of nitrogens with zero attached hydrogens (tertiary/aromatic N) is 1. The number of Topliss-reactive ketones (excluding diaryl/α,β-unsaturated/α-hetero) is 1. The summed E-state index contributed by atoms with van der Waals surface area (Å²) < 4.78 is 0. The molecule has 22 heavy (non-hydrogen) atoms. The van der Waals surface area contributed by atoms with E-state index in [0.29, 0.717) is 36.7 Å². The number of nitrogens with one attached hydrogen (secondary N) is 1. The Labute approximate surface area is 130 Å². The molecular formula is C16H24N4O2. The predicted octanol–water partition coefficient (Wildman–Crippen LogP) is 1.26. The number of pyridine rings is 1. The number of amides is 1. The highest BCUT2D eigenvalue weighted by Crippen LogP contribution is 2.28. The highest BCUT2D eigenvalue weighted by molar-refractivity contribution is 5.96. The van der Waals surface area contributed by atoms with Crippen molar-refractivity contribution in [3.8, 4) is 0 Å². The Morgan fingerprint density at radius 1 is 1.23 bits per heavy atom. The summed E-state index contributed by atoms with van der Waals surface area (Å²) in [4.78, 5) is 27.7. The molecule has 1 aromatic heterocycles. The number of carbonyl (C=O) groups is 2. The molecule has 5 N–H and O–H groups in total. The number of carbonyl (C=O) groups excluding carboxylic acids is 2. The Morgan fingerprint density at radius 3 is 2.55 bits per heavy atom. The van der Waals surface area contributed by atoms with Gasteiger partial charge in [-0.3, -0.25) is 9.59 Å². The van der Waals surface area contributed by atoms with Crippen LogP contribution in [0.1, 0.15) is 48.9 Å². The van der Waals surface area contributed by atoms with Crippen molar-refractivity contribution >= 4 is 17.5 Å². The number of nitrogens with two attached hydrogens (primary N) is 2. The fourth-order valence-corrected chi connectivity index (χ4v) is 2.89. The van der Waals surface area contributed by atoms with Crippen LogP contribution in [0.15, 0.2) is 18.3 Å². The van der Waals surface area contributed by atoms with Crippen LogP contribution in [0.5, 0.6) is 0 Å². The summed E-state index contributed by atoms with van der Waals surface area (Å²) in [6.45, 7) is 0.380. The molecule has 1 aliphatic rings. The molecular weight excluding hydrogens is 280 g/mol. The van der Waals surface area contributed by atoms with Gasteiger partial charge in [0.05, 0.1) is 0 Å². The first-order valence-electron chi connectivity index (χ1n) is 7.82. The molecule has 6 nitrogen and oxygen atoms in total. The van der Waals surface area contributed by atoms with Crippen molar-refractivity contribution in [2.75, 3.05) is 12.3 Å². The summed E-state index contributed by atoms with van der Waals surface area (Å²) >= 11 is 0. The summed E-state index contributed by atoms with van der Waals surface area (Å²) in [5.74, 6) is 0.941. The predicted molar refractivity (Wildman–Crippen MR) is 85.2 cm³/mol. The summed E-state index contributed by atoms with van der Waals surface area (Å²) in [5, 5.41) is 3.00. The minimum Gasteiger partial charge on any atom is -0.384 e. The molecule has 0 spiro atoms. The van der Waals surface area contributed by atoms with Crippen molar-refractivity contribution in [2.24, 2.45) is 11.7 Å². The van der Waals surface area contributed by atoms with Gasteiger partial charge in [0.2, 0.25) is 5.91 Å². The maximum absolute atomic E-state index is 12.2. The van der Waals surface area contributed by atoms with E-state index in [2.05, 4.69) is 10.3 Å². The van der Waals surface area contributed by atoms with Crippen molar-refractivity contribution < 1.29 is 9.59 Å². The first-order chi connectivity index (χ1) is 10.6. The lowest BCUT2D eigenvalue weighted by molar-refractivity contribution is -0.121. The van der Waals surface area contributed by atoms with Gasteiger partial charge in [0.1, 0.15) is 5.82 Å². The smallest absolute Gasteiger partial charge is 0.221 e. The zero-order valence-electron chi connectivity index (χ0n) is 12.8. The Morgan fingerprint density at radius 2 is 1.95 bits per heavy atom. The third kappa shape index (κ3) is 4.80. The average Bonchev–Trinajstić information content (AvgIpc) is 2.50. The number of hydrogen-bond acceptors (Lipinski definition) is 5. The van der Waals surface area contributed by atoms with E-state index in [4.69, 9.17) is 11.5 Å². The molecule has 120 valence electrons. The van der Waals surface area contributed by atoms with E-state index < -0.39 is 0 Å². The Balaban J connectivity index is 1.76. The van der Waals surface area contributed by atoms with Crippen LogP contribution in [0.25, 0.3) is 0 Å². The Hall–Kier alpha value is -1.95. The molecule has 0 aliphatic heterocycles. The van der Waals surface area contributed by atoms with Gasteiger partial charge in [0.15, 0.2) is 5.78 Å². The molecule has 1 aromatic rings. The van der Waals surface area contributed by atoms with E-state index >= 15 is 0 Å². The lowest BCUT2D eigenvalue weighted by atomic mass is 9.82. The SMILES string of the molecule is NCCC(=O)NC1CCC(CC(=O)c2ccc(N)nc2)CC1. The molecule has 1 fully saturated rings. The quantitative estimate of drug-likeness (QED) is 0.685. The van der Waals surface area contributed by atoms with Gasteiger partial charge in [-0.1, -0.05) is 0 Å². The number of nitrogen functional groups attached to an aromatic ring is 1. The topological polar surface area (TPSA) is 111 Å². The Bertz CT molecular complexity index is 507. The van der Waals surface area contributed by atoms with Gasteiger partial charge in [-0.15, -0.1) is 0 Å². The van der Waals surface area contributed by atoms with Gasteiger partial charge >= 0.3 is 0 Å². The minimum absolute atomic E-state index is 0.0231. The van der Waals surface area contributed by atoms with E-state index in [1.165, 1.54) is 6.20 Å². The van der Waals surface area contributed by atoms with Gasteiger partial charge in [-0.2, -0.15) is 0 Å². The summed E-state index contributed by atoms with van der Waals surface area (Å²) in [6, 6.07) is 3.60. The molecule has 0 bridgehead atoms. The van der Waals surface area contributed by atoms with Crippen LogP contribution >= 0.6 is 0 Å². The second-order valence-corrected chi connectivity index (χ2v) is 5.92. The van der Waals surface area contributed by atoms with E-state index in [1.807, 2.05) is 0 Å². The van der Waals surface area contributed by atoms with E-state index in [1.54, 1.807) is 12.1 Å². The molecule has 1 amide bonds. The van der Waals surface area contributed by atoms with Crippen LogP contribution in [-0.4, -0.2) is 29.3 Å². The zero-order chi connectivity index (χ0) is 15.9. The molecule has 0 aromatic carbocycles. The molecule has 1 aliphatic carbocycles. The monoisotopic (exact) mass is 304 g/mol. The summed E-state index contributed by atoms with van der Waals surface area (Å²) in [6.07, 6.45) is 6.22. The second-order valence-electron chi connectivity index (χ2n) is 5.92. The third-order valence-corrected chi connectivity index (χ3v) is 4.17. The molecule has 0 unspecified atom stereocenters. The van der Waals surface area contributed by atoms with Gasteiger partial charge in [-0.05, 0) is 43.7 Å². The van der Waals surface area contributed by atoms with Gasteiger partial charge < -0.3 is 16.8 Å². The van der Waals surface area contributed by atoms with Crippen LogP contribution in [-0.2, 0) is 4.79 Å². The van der Waals surface area contributed by atoms with Crippen molar-refractivity contribution in [3.05, 3.63) is 23.9 Å². The van der Waals surface area contributed by atoms with Crippen LogP contribution < -0.4 is 16.8 Å². The lowest BCUT2D eigenvalue weighted by Gasteiger charge is -2.28. The number of rotatable bonds is 6. The molecule has 2 rings (SSSR count). The highest BCUT2D eigenvalue weighted by atomic mass is 16.1. The normalized spacial score (nSPS) is 21.3. The minimum atomic E-state index is 0.0231. The van der Waals surface area contributed by atoms with Crippen LogP contribution in [0.3, 0.4) is 0 Å². The molecule has 1 heterocycles. The molecule has 6 heteroatoms. The largest absolute Gasteiger partial charge is 0.384 e. The first-order valence-corrected chi connectivity index (χ1v) is 7.82. The van der Waals surface area contributed by atoms with Crippen LogP contribution in [0, 0.1) is 5.92 Å². The first kappa shape index (κ1) is 16.4.